The molecule has 8 nitrogen and oxygen atoms in total. The maximum Gasteiger partial charge on any atom is 0.227 e. The van der Waals surface area contributed by atoms with Crippen molar-refractivity contribution in [1.29, 1.82) is 0 Å². The molecule has 0 N–H and O–H groups in total. The SMILES string of the molecule is CC(C)(C)c1ccc(C2CC(c3ccc(C4=NN(c5ccc(-c6nc7cc(C(C)(C)C)ccc7o6)cc5)C(c5ccc(C(C)(C)C)cc5)C4)cc3)=NN2c2ccc(-c3nc4cc(C(C)(C)C)ccc4o3)cc2)cc1. The Kier molecular flexibility index (Phi) is 11.9. The average molecular weight is 977 g/mol. The first-order valence-corrected chi connectivity index (χ1v) is 26.2. The largest absolute Gasteiger partial charge is 0.436 e. The summed E-state index contributed by atoms with van der Waals surface area (Å²) in [5.74, 6) is 1.23. The number of oxazole rings is 2. The normalized spacial score (nSPS) is 16.6. The highest BCUT2D eigenvalue weighted by Gasteiger charge is 2.33. The second kappa shape index (κ2) is 18.1. The first-order valence-electron chi connectivity index (χ1n) is 26.2. The van der Waals surface area contributed by atoms with Crippen LogP contribution in [0, 0.1) is 0 Å². The van der Waals surface area contributed by atoms with Crippen LogP contribution in [0.5, 0.6) is 0 Å². The van der Waals surface area contributed by atoms with Crippen LogP contribution in [0.3, 0.4) is 0 Å². The standard InChI is InChI=1S/C66H68N6O2/c1-63(2,3)47-25-17-43(18-26-47)57-39-53(69-71(57)51-31-21-45(22-32-51)61-67-55-37-49(65(7,8)9)29-35-59(55)73-61)41-13-15-42(16-14-41)54-40-58(44-19-27-48(28-20-44)64(4,5)6)72(70-54)52-33-23-46(24-34-52)62-68-56-38-50(66(10,11)12)30-36-60(56)74-62/h13-38,57-58H,39-40H2,1-12H3. The Morgan fingerprint density at radius 3 is 1.00 bits per heavy atom. The third kappa shape index (κ3) is 9.58. The smallest absolute Gasteiger partial charge is 0.227 e. The second-order valence-corrected chi connectivity index (χ2v) is 24.5. The Bertz CT molecular complexity index is 3330. The van der Waals surface area contributed by atoms with Gasteiger partial charge in [-0.2, -0.15) is 10.2 Å². The van der Waals surface area contributed by atoms with E-state index in [-0.39, 0.29) is 33.7 Å². The van der Waals surface area contributed by atoms with Crippen LogP contribution in [0.15, 0.2) is 177 Å². The number of rotatable bonds is 8. The molecule has 2 aliphatic heterocycles. The predicted octanol–water partition coefficient (Wildman–Crippen LogP) is 17.2. The molecule has 2 unspecified atom stereocenters. The zero-order valence-corrected chi connectivity index (χ0v) is 45.1. The van der Waals surface area contributed by atoms with E-state index in [1.54, 1.807) is 0 Å². The molecule has 2 atom stereocenters. The third-order valence-electron chi connectivity index (χ3n) is 15.0. The Morgan fingerprint density at radius 2 is 0.676 bits per heavy atom. The summed E-state index contributed by atoms with van der Waals surface area (Å²) >= 11 is 0. The van der Waals surface area contributed by atoms with Gasteiger partial charge in [0.25, 0.3) is 0 Å². The van der Waals surface area contributed by atoms with Crippen LogP contribution in [0.25, 0.3) is 45.1 Å². The quantitative estimate of drug-likeness (QED) is 0.151. The molecule has 7 aromatic carbocycles. The highest BCUT2D eigenvalue weighted by molar-refractivity contribution is 6.06. The first-order chi connectivity index (χ1) is 35.1. The van der Waals surface area contributed by atoms with E-state index in [1.807, 2.05) is 12.1 Å². The maximum atomic E-state index is 6.28. The number of hydrazone groups is 2. The summed E-state index contributed by atoms with van der Waals surface area (Å²) in [6.45, 7) is 26.9. The maximum absolute atomic E-state index is 6.28. The molecule has 0 aliphatic carbocycles. The number of aromatic nitrogens is 2. The van der Waals surface area contributed by atoms with E-state index < -0.39 is 0 Å². The number of fused-ring (bicyclic) bond motifs is 2. The lowest BCUT2D eigenvalue weighted by Crippen LogP contribution is -2.19. The van der Waals surface area contributed by atoms with E-state index in [1.165, 1.54) is 33.4 Å². The van der Waals surface area contributed by atoms with Crippen molar-refractivity contribution in [2.45, 2.75) is 130 Å². The summed E-state index contributed by atoms with van der Waals surface area (Å²) in [6, 6.07) is 56.7. The van der Waals surface area contributed by atoms with Crippen LogP contribution < -0.4 is 10.0 Å². The molecule has 0 amide bonds. The van der Waals surface area contributed by atoms with Gasteiger partial charge in [-0.05, 0) is 139 Å². The fraction of sp³-hybridized carbons (Fsp3) is 0.303. The molecule has 8 heteroatoms. The van der Waals surface area contributed by atoms with Gasteiger partial charge >= 0.3 is 0 Å². The summed E-state index contributed by atoms with van der Waals surface area (Å²) in [5.41, 5.74) is 19.2. The van der Waals surface area contributed by atoms with Crippen LogP contribution in [-0.4, -0.2) is 21.4 Å². The molecule has 374 valence electrons. The van der Waals surface area contributed by atoms with Gasteiger partial charge in [0.2, 0.25) is 11.8 Å². The number of benzene rings is 7. The van der Waals surface area contributed by atoms with Gasteiger partial charge in [0.05, 0.1) is 34.9 Å². The highest BCUT2D eigenvalue weighted by Crippen LogP contribution is 2.42. The van der Waals surface area contributed by atoms with Crippen LogP contribution in [0.1, 0.15) is 153 Å². The lowest BCUT2D eigenvalue weighted by atomic mass is 9.85. The molecule has 0 bridgehead atoms. The summed E-state index contributed by atoms with van der Waals surface area (Å²) in [7, 11) is 0. The molecule has 0 fully saturated rings. The molecule has 9 aromatic rings. The Hall–Kier alpha value is -7.58. The van der Waals surface area contributed by atoms with Gasteiger partial charge in [0, 0.05) is 24.0 Å². The number of nitrogens with zero attached hydrogens (tertiary/aromatic N) is 6. The lowest BCUT2D eigenvalue weighted by Gasteiger charge is -2.25. The number of hydrogen-bond donors (Lipinski definition) is 0. The molecule has 0 saturated carbocycles. The predicted molar refractivity (Wildman–Crippen MR) is 306 cm³/mol. The molecule has 11 rings (SSSR count). The van der Waals surface area contributed by atoms with E-state index in [0.29, 0.717) is 11.8 Å². The fourth-order valence-corrected chi connectivity index (χ4v) is 10.2. The van der Waals surface area contributed by atoms with Crippen molar-refractivity contribution in [3.8, 4) is 22.9 Å². The molecule has 0 spiro atoms. The summed E-state index contributed by atoms with van der Waals surface area (Å²) in [4.78, 5) is 9.83. The minimum Gasteiger partial charge on any atom is -0.436 e. The second-order valence-electron chi connectivity index (χ2n) is 24.5. The van der Waals surface area contributed by atoms with Crippen molar-refractivity contribution >= 4 is 45.0 Å². The van der Waals surface area contributed by atoms with Crippen molar-refractivity contribution < 1.29 is 8.83 Å². The number of hydrogen-bond acceptors (Lipinski definition) is 8. The third-order valence-corrected chi connectivity index (χ3v) is 15.0. The van der Waals surface area contributed by atoms with Crippen molar-refractivity contribution in [1.82, 2.24) is 9.97 Å². The zero-order chi connectivity index (χ0) is 51.9. The molecular formula is C66H68N6O2. The Balaban J connectivity index is 0.887. The van der Waals surface area contributed by atoms with Crippen molar-refractivity contribution in [2.24, 2.45) is 10.2 Å². The van der Waals surface area contributed by atoms with E-state index in [9.17, 15) is 0 Å². The van der Waals surface area contributed by atoms with E-state index in [2.05, 4.69) is 239 Å². The van der Waals surface area contributed by atoms with Crippen molar-refractivity contribution in [3.63, 3.8) is 0 Å². The zero-order valence-electron chi connectivity index (χ0n) is 45.1. The summed E-state index contributed by atoms with van der Waals surface area (Å²) in [6.07, 6.45) is 1.52. The van der Waals surface area contributed by atoms with Crippen LogP contribution in [0.2, 0.25) is 0 Å². The van der Waals surface area contributed by atoms with Gasteiger partial charge in [-0.25, -0.2) is 9.97 Å². The summed E-state index contributed by atoms with van der Waals surface area (Å²) in [5, 5.41) is 15.2. The van der Waals surface area contributed by atoms with Crippen LogP contribution in [0.4, 0.5) is 11.4 Å². The summed E-state index contributed by atoms with van der Waals surface area (Å²) < 4.78 is 12.6. The molecule has 74 heavy (non-hydrogen) atoms. The minimum atomic E-state index is 0.0122. The van der Waals surface area contributed by atoms with Gasteiger partial charge < -0.3 is 8.83 Å². The van der Waals surface area contributed by atoms with Crippen molar-refractivity contribution in [2.75, 3.05) is 10.0 Å². The molecule has 0 saturated heterocycles. The van der Waals surface area contributed by atoms with Gasteiger partial charge in [0.1, 0.15) is 11.0 Å². The Labute approximate surface area is 436 Å². The fourth-order valence-electron chi connectivity index (χ4n) is 10.2. The topological polar surface area (TPSA) is 83.3 Å². The van der Waals surface area contributed by atoms with Crippen LogP contribution >= 0.6 is 0 Å². The first kappa shape index (κ1) is 48.7. The van der Waals surface area contributed by atoms with Gasteiger partial charge in [-0.3, -0.25) is 10.0 Å². The van der Waals surface area contributed by atoms with Gasteiger partial charge in [-0.15, -0.1) is 0 Å². The van der Waals surface area contributed by atoms with Crippen LogP contribution in [-0.2, 0) is 21.7 Å². The molecular weight excluding hydrogens is 909 g/mol. The van der Waals surface area contributed by atoms with E-state index >= 15 is 0 Å². The Morgan fingerprint density at radius 1 is 0.365 bits per heavy atom. The average Bonchev–Trinajstić information content (AvgIpc) is 4.20. The molecule has 4 heterocycles. The number of anilines is 2. The molecule has 0 radical (unpaired) electrons. The van der Waals surface area contributed by atoms with Crippen molar-refractivity contribution in [3.05, 3.63) is 202 Å². The molecule has 2 aromatic heterocycles. The van der Waals surface area contributed by atoms with E-state index in [4.69, 9.17) is 29.0 Å². The van der Waals surface area contributed by atoms with Gasteiger partial charge in [0.15, 0.2) is 11.2 Å². The minimum absolute atomic E-state index is 0.0122. The lowest BCUT2D eigenvalue weighted by molar-refractivity contribution is 0.589. The monoisotopic (exact) mass is 977 g/mol. The van der Waals surface area contributed by atoms with E-state index in [0.717, 1.165) is 80.1 Å². The molecule has 2 aliphatic rings. The van der Waals surface area contributed by atoms with Gasteiger partial charge in [-0.1, -0.05) is 168 Å². The highest BCUT2D eigenvalue weighted by atomic mass is 16.4.